The Hall–Kier alpha value is -1.62. The van der Waals surface area contributed by atoms with Gasteiger partial charge < -0.3 is 16.0 Å². The van der Waals surface area contributed by atoms with Crippen molar-refractivity contribution in [1.29, 1.82) is 0 Å². The quantitative estimate of drug-likeness (QED) is 0.843. The van der Waals surface area contributed by atoms with E-state index < -0.39 is 0 Å². The Morgan fingerprint density at radius 2 is 2.29 bits per heavy atom. The molecule has 1 aliphatic heterocycles. The van der Waals surface area contributed by atoms with E-state index in [-0.39, 0.29) is 17.8 Å². The molecule has 5 heteroatoms. The first-order valence-electron chi connectivity index (χ1n) is 7.54. The highest BCUT2D eigenvalue weighted by Crippen LogP contribution is 2.29. The van der Waals surface area contributed by atoms with Gasteiger partial charge in [0.05, 0.1) is 0 Å². The van der Waals surface area contributed by atoms with E-state index in [0.717, 1.165) is 37.2 Å². The summed E-state index contributed by atoms with van der Waals surface area (Å²) in [6, 6.07) is 4.46. The summed E-state index contributed by atoms with van der Waals surface area (Å²) in [6.07, 6.45) is 1.70. The maximum absolute atomic E-state index is 13.5. The van der Waals surface area contributed by atoms with E-state index in [1.807, 2.05) is 4.90 Å². The molecule has 3 N–H and O–H groups in total. The van der Waals surface area contributed by atoms with E-state index in [1.165, 1.54) is 6.07 Å². The first-order valence-corrected chi connectivity index (χ1v) is 7.54. The lowest BCUT2D eigenvalue weighted by molar-refractivity contribution is -0.119. The van der Waals surface area contributed by atoms with Crippen LogP contribution in [0.3, 0.4) is 0 Å². The Labute approximate surface area is 125 Å². The summed E-state index contributed by atoms with van der Waals surface area (Å²) in [5.41, 5.74) is 7.26. The van der Waals surface area contributed by atoms with E-state index in [1.54, 1.807) is 12.1 Å². The predicted molar refractivity (Wildman–Crippen MR) is 82.5 cm³/mol. The van der Waals surface area contributed by atoms with E-state index in [4.69, 9.17) is 5.73 Å². The fourth-order valence-corrected chi connectivity index (χ4v) is 2.82. The van der Waals surface area contributed by atoms with Crippen LogP contribution in [-0.4, -0.2) is 25.0 Å². The number of anilines is 1. The average Bonchev–Trinajstić information content (AvgIpc) is 2.87. The number of rotatable bonds is 6. The zero-order valence-corrected chi connectivity index (χ0v) is 12.7. The highest BCUT2D eigenvalue weighted by molar-refractivity contribution is 5.84. The van der Waals surface area contributed by atoms with Gasteiger partial charge >= 0.3 is 0 Å². The third-order valence-electron chi connectivity index (χ3n) is 3.80. The molecule has 4 nitrogen and oxygen atoms in total. The molecule has 2 rings (SSSR count). The zero-order chi connectivity index (χ0) is 15.4. The van der Waals surface area contributed by atoms with E-state index in [2.05, 4.69) is 19.2 Å². The number of carbonyl (C=O) groups excluding carboxylic acids is 1. The van der Waals surface area contributed by atoms with Gasteiger partial charge in [-0.3, -0.25) is 4.79 Å². The number of halogens is 1. The molecule has 1 heterocycles. The van der Waals surface area contributed by atoms with Crippen LogP contribution in [-0.2, 0) is 11.3 Å². The SMILES string of the molecule is CC(C)CNCc1cc(F)ccc1N1CCCC1C(N)=O. The van der Waals surface area contributed by atoms with Gasteiger partial charge in [-0.05, 0) is 49.1 Å². The second-order valence-corrected chi connectivity index (χ2v) is 6.05. The molecule has 0 aromatic heterocycles. The van der Waals surface area contributed by atoms with Gasteiger partial charge in [0, 0.05) is 18.8 Å². The lowest BCUT2D eigenvalue weighted by Crippen LogP contribution is -2.41. The Kier molecular flexibility index (Phi) is 5.17. The van der Waals surface area contributed by atoms with Gasteiger partial charge in [0.25, 0.3) is 0 Å². The minimum absolute atomic E-state index is 0.255. The van der Waals surface area contributed by atoms with Crippen LogP contribution < -0.4 is 16.0 Å². The molecule has 1 aromatic rings. The summed E-state index contributed by atoms with van der Waals surface area (Å²) in [5.74, 6) is -0.0278. The summed E-state index contributed by atoms with van der Waals surface area (Å²) in [6.45, 7) is 6.50. The number of nitrogens with zero attached hydrogens (tertiary/aromatic N) is 1. The molecule has 1 aromatic carbocycles. The molecule has 1 fully saturated rings. The van der Waals surface area contributed by atoms with Crippen LogP contribution in [0.4, 0.5) is 10.1 Å². The van der Waals surface area contributed by atoms with Crippen LogP contribution in [0.15, 0.2) is 18.2 Å². The number of nitrogens with one attached hydrogen (secondary N) is 1. The second-order valence-electron chi connectivity index (χ2n) is 6.05. The molecule has 1 saturated heterocycles. The summed E-state index contributed by atoms with van der Waals surface area (Å²) >= 11 is 0. The maximum atomic E-state index is 13.5. The number of hydrogen-bond donors (Lipinski definition) is 2. The van der Waals surface area contributed by atoms with Gasteiger partial charge in [-0.15, -0.1) is 0 Å². The number of carbonyl (C=O) groups is 1. The van der Waals surface area contributed by atoms with Crippen LogP contribution in [0.2, 0.25) is 0 Å². The molecule has 1 atom stereocenters. The van der Waals surface area contributed by atoms with Crippen molar-refractivity contribution in [3.63, 3.8) is 0 Å². The molecule has 116 valence electrons. The van der Waals surface area contributed by atoms with Crippen LogP contribution in [0.1, 0.15) is 32.3 Å². The smallest absolute Gasteiger partial charge is 0.240 e. The summed E-state index contributed by atoms with van der Waals surface area (Å²) < 4.78 is 13.5. The largest absolute Gasteiger partial charge is 0.368 e. The van der Waals surface area contributed by atoms with Gasteiger partial charge in [-0.25, -0.2) is 4.39 Å². The monoisotopic (exact) mass is 293 g/mol. The number of primary amides is 1. The lowest BCUT2D eigenvalue weighted by Gasteiger charge is -2.27. The van der Waals surface area contributed by atoms with Gasteiger partial charge in [0.2, 0.25) is 5.91 Å². The van der Waals surface area contributed by atoms with Gasteiger partial charge in [-0.2, -0.15) is 0 Å². The third kappa shape index (κ3) is 3.94. The fourth-order valence-electron chi connectivity index (χ4n) is 2.82. The van der Waals surface area contributed by atoms with Crippen LogP contribution in [0, 0.1) is 11.7 Å². The van der Waals surface area contributed by atoms with Crippen LogP contribution >= 0.6 is 0 Å². The standard InChI is InChI=1S/C16H24FN3O/c1-11(2)9-19-10-12-8-13(17)5-6-14(12)20-7-3-4-15(20)16(18)21/h5-6,8,11,15,19H,3-4,7,9-10H2,1-2H3,(H2,18,21). The number of nitrogens with two attached hydrogens (primary N) is 1. The minimum atomic E-state index is -0.307. The maximum Gasteiger partial charge on any atom is 0.240 e. The molecular weight excluding hydrogens is 269 g/mol. The van der Waals surface area contributed by atoms with E-state index in [0.29, 0.717) is 12.5 Å². The van der Waals surface area contributed by atoms with Crippen LogP contribution in [0.25, 0.3) is 0 Å². The Bertz CT molecular complexity index is 504. The van der Waals surface area contributed by atoms with E-state index >= 15 is 0 Å². The topological polar surface area (TPSA) is 58.4 Å². The molecule has 21 heavy (non-hydrogen) atoms. The van der Waals surface area contributed by atoms with E-state index in [9.17, 15) is 9.18 Å². The number of amides is 1. The molecule has 0 radical (unpaired) electrons. The Morgan fingerprint density at radius 3 is 2.95 bits per heavy atom. The predicted octanol–water partition coefficient (Wildman–Crippen LogP) is 2.03. The molecule has 1 amide bonds. The van der Waals surface area contributed by atoms with Gasteiger partial charge in [-0.1, -0.05) is 13.8 Å². The third-order valence-corrected chi connectivity index (χ3v) is 3.80. The average molecular weight is 293 g/mol. The van der Waals surface area contributed by atoms with Crippen molar-refractivity contribution in [2.24, 2.45) is 11.7 Å². The first-order chi connectivity index (χ1) is 9.99. The lowest BCUT2D eigenvalue weighted by atomic mass is 10.1. The minimum Gasteiger partial charge on any atom is -0.368 e. The van der Waals surface area contributed by atoms with Gasteiger partial charge in [0.1, 0.15) is 11.9 Å². The summed E-state index contributed by atoms with van der Waals surface area (Å²) in [4.78, 5) is 13.6. The van der Waals surface area contributed by atoms with Crippen molar-refractivity contribution >= 4 is 11.6 Å². The zero-order valence-electron chi connectivity index (χ0n) is 12.7. The summed E-state index contributed by atoms with van der Waals surface area (Å²) in [5, 5.41) is 3.33. The van der Waals surface area contributed by atoms with Crippen molar-refractivity contribution in [2.75, 3.05) is 18.0 Å². The number of hydrogen-bond acceptors (Lipinski definition) is 3. The van der Waals surface area contributed by atoms with Crippen LogP contribution in [0.5, 0.6) is 0 Å². The molecule has 0 saturated carbocycles. The summed E-state index contributed by atoms with van der Waals surface area (Å²) in [7, 11) is 0. The normalized spacial score (nSPS) is 18.5. The Morgan fingerprint density at radius 1 is 1.52 bits per heavy atom. The number of benzene rings is 1. The highest BCUT2D eigenvalue weighted by Gasteiger charge is 2.30. The van der Waals surface area contributed by atoms with Crippen molar-refractivity contribution in [1.82, 2.24) is 5.32 Å². The first kappa shape index (κ1) is 15.8. The molecule has 1 unspecified atom stereocenters. The molecule has 0 spiro atoms. The van der Waals surface area contributed by atoms with Crippen molar-refractivity contribution in [2.45, 2.75) is 39.3 Å². The molecule has 0 aliphatic carbocycles. The fraction of sp³-hybridized carbons (Fsp3) is 0.562. The van der Waals surface area contributed by atoms with Crippen molar-refractivity contribution in [3.8, 4) is 0 Å². The second kappa shape index (κ2) is 6.89. The van der Waals surface area contributed by atoms with Gasteiger partial charge in [0.15, 0.2) is 0 Å². The molecule has 0 bridgehead atoms. The van der Waals surface area contributed by atoms with Crippen molar-refractivity contribution in [3.05, 3.63) is 29.6 Å². The molecule has 1 aliphatic rings. The highest BCUT2D eigenvalue weighted by atomic mass is 19.1. The molecular formula is C16H24FN3O. The Balaban J connectivity index is 2.19. The van der Waals surface area contributed by atoms with Crippen molar-refractivity contribution < 1.29 is 9.18 Å².